The maximum atomic E-state index is 9.86. The van der Waals surface area contributed by atoms with Crippen molar-refractivity contribution in [2.75, 3.05) is 34.2 Å². The highest BCUT2D eigenvalue weighted by Gasteiger charge is 2.41. The molecule has 0 aliphatic carbocycles. The number of rotatable bonds is 5. The molecule has 24 heavy (non-hydrogen) atoms. The van der Waals surface area contributed by atoms with Crippen molar-refractivity contribution < 1.29 is 34.1 Å². The van der Waals surface area contributed by atoms with Gasteiger partial charge in [-0.3, -0.25) is 4.90 Å². The molecule has 0 aromatic heterocycles. The maximum absolute atomic E-state index is 9.86. The highest BCUT2D eigenvalue weighted by Crippen LogP contribution is 2.30. The molecule has 0 rings (SSSR count). The Bertz CT molecular complexity index is 418. The molecule has 0 spiro atoms. The minimum atomic E-state index is -1.92. The van der Waals surface area contributed by atoms with Gasteiger partial charge in [0.05, 0.1) is 0 Å². The number of hydrogen-bond acceptors (Lipinski definition) is 8. The van der Waals surface area contributed by atoms with E-state index in [2.05, 4.69) is 68.1 Å². The van der Waals surface area contributed by atoms with Gasteiger partial charge < -0.3 is 30.3 Å². The summed E-state index contributed by atoms with van der Waals surface area (Å²) in [6, 6.07) is 0. The van der Waals surface area contributed by atoms with E-state index in [4.69, 9.17) is 15.9 Å². The number of carboxylic acid groups (broad SMARTS) is 2. The van der Waals surface area contributed by atoms with Crippen LogP contribution in [0.15, 0.2) is 0 Å². The number of hydrogen-bond donors (Lipinski definition) is 3. The summed E-state index contributed by atoms with van der Waals surface area (Å²) >= 11 is 0. The number of nitrogens with zero attached hydrogens (tertiary/aromatic N) is 2. The van der Waals surface area contributed by atoms with Crippen LogP contribution in [0.1, 0.15) is 27.7 Å². The van der Waals surface area contributed by atoms with E-state index in [9.17, 15) is 14.4 Å². The van der Waals surface area contributed by atoms with Gasteiger partial charge in [0.1, 0.15) is 0 Å². The zero-order chi connectivity index (χ0) is 19.7. The van der Waals surface area contributed by atoms with Crippen molar-refractivity contribution in [1.29, 1.82) is 0 Å². The molecule has 0 saturated carbocycles. The zero-order valence-electron chi connectivity index (χ0n) is 15.3. The van der Waals surface area contributed by atoms with Crippen molar-refractivity contribution in [2.24, 2.45) is 5.73 Å². The van der Waals surface area contributed by atoms with Crippen LogP contribution in [0.2, 0.25) is 0 Å². The van der Waals surface area contributed by atoms with Crippen LogP contribution in [0.3, 0.4) is 0 Å². The highest BCUT2D eigenvalue weighted by atomic mass is 16.8. The Hall–Kier alpha value is -1.91. The predicted octanol–water partition coefficient (Wildman–Crippen LogP) is 1.49. The van der Waals surface area contributed by atoms with Crippen LogP contribution in [0, 0.1) is 0 Å². The van der Waals surface area contributed by atoms with Crippen LogP contribution in [0.5, 0.6) is 0 Å². The molecule has 0 unspecified atom stereocenters. The summed E-state index contributed by atoms with van der Waals surface area (Å²) in [7, 11) is 6.38. The van der Waals surface area contributed by atoms with Gasteiger partial charge >= 0.3 is 18.5 Å². The molecule has 0 amide bonds. The average molecular weight is 351 g/mol. The Balaban J connectivity index is 0. The average Bonchev–Trinajstić information content (AvgIpc) is 2.37. The Labute approximate surface area is 142 Å². The standard InChI is InChI=1S/C11H27N3.C3H2O7/c1-10(2,13(5)6)11(3,4)14(7)9-8-12;4-1(5)9-3(8)10-2(6)7/h8-9,12H2,1-7H3;(H,4,5)(H,6,7). The molecular weight excluding hydrogens is 322 g/mol. The number of carbonyl (C=O) groups is 3. The monoisotopic (exact) mass is 351 g/mol. The molecule has 0 aromatic rings. The van der Waals surface area contributed by atoms with Crippen molar-refractivity contribution >= 4 is 18.5 Å². The molecule has 0 atom stereocenters. The van der Waals surface area contributed by atoms with Crippen LogP contribution < -0.4 is 5.73 Å². The Morgan fingerprint density at radius 3 is 1.54 bits per heavy atom. The third-order valence-corrected chi connectivity index (χ3v) is 4.38. The molecule has 0 aromatic carbocycles. The van der Waals surface area contributed by atoms with E-state index in [1.807, 2.05) is 0 Å². The number of ether oxygens (including phenoxy) is 2. The Morgan fingerprint density at radius 1 is 0.917 bits per heavy atom. The lowest BCUT2D eigenvalue weighted by atomic mass is 9.80. The molecule has 0 bridgehead atoms. The van der Waals surface area contributed by atoms with Crippen LogP contribution >= 0.6 is 0 Å². The maximum Gasteiger partial charge on any atom is 0.528 e. The molecule has 0 aliphatic heterocycles. The normalized spacial score (nSPS) is 11.6. The molecule has 0 radical (unpaired) electrons. The Kier molecular flexibility index (Phi) is 10.2. The lowest BCUT2D eigenvalue weighted by Crippen LogP contribution is -2.63. The van der Waals surface area contributed by atoms with E-state index in [0.717, 1.165) is 6.54 Å². The lowest BCUT2D eigenvalue weighted by Gasteiger charge is -2.51. The van der Waals surface area contributed by atoms with E-state index < -0.39 is 18.5 Å². The fourth-order valence-corrected chi connectivity index (χ4v) is 1.65. The summed E-state index contributed by atoms with van der Waals surface area (Å²) < 4.78 is 6.47. The van der Waals surface area contributed by atoms with Gasteiger partial charge in [0.25, 0.3) is 0 Å². The predicted molar refractivity (Wildman–Crippen MR) is 87.1 cm³/mol. The van der Waals surface area contributed by atoms with E-state index in [1.165, 1.54) is 0 Å². The lowest BCUT2D eigenvalue weighted by molar-refractivity contribution is 0.00283. The van der Waals surface area contributed by atoms with Crippen LogP contribution in [0.25, 0.3) is 0 Å². The molecule has 0 aliphatic rings. The topological polar surface area (TPSA) is 143 Å². The second-order valence-electron chi connectivity index (χ2n) is 6.21. The molecule has 10 nitrogen and oxygen atoms in total. The first-order valence-corrected chi connectivity index (χ1v) is 7.14. The minimum absolute atomic E-state index is 0.107. The number of nitrogens with two attached hydrogens (primary N) is 1. The second-order valence-corrected chi connectivity index (χ2v) is 6.21. The van der Waals surface area contributed by atoms with Crippen LogP contribution in [-0.4, -0.2) is 83.8 Å². The molecular formula is C14H29N3O7. The van der Waals surface area contributed by atoms with E-state index >= 15 is 0 Å². The van der Waals surface area contributed by atoms with E-state index in [1.54, 1.807) is 0 Å². The van der Waals surface area contributed by atoms with Gasteiger partial charge in [0.15, 0.2) is 0 Å². The largest absolute Gasteiger partial charge is 0.528 e. The van der Waals surface area contributed by atoms with Crippen molar-refractivity contribution in [3.8, 4) is 0 Å². The van der Waals surface area contributed by atoms with Gasteiger partial charge in [-0.15, -0.1) is 0 Å². The third-order valence-electron chi connectivity index (χ3n) is 4.38. The SMILES string of the molecule is CN(C)C(C)(C)C(C)(C)N(C)CCN.O=C(O)OC(=O)OC(=O)O. The summed E-state index contributed by atoms with van der Waals surface area (Å²) in [4.78, 5) is 33.4. The summed E-state index contributed by atoms with van der Waals surface area (Å²) in [5.74, 6) is 0. The third kappa shape index (κ3) is 8.09. The first-order chi connectivity index (χ1) is 10.7. The molecule has 0 saturated heterocycles. The van der Waals surface area contributed by atoms with Gasteiger partial charge in [-0.1, -0.05) is 0 Å². The first kappa shape index (κ1) is 24.3. The van der Waals surface area contributed by atoms with Gasteiger partial charge in [0.2, 0.25) is 0 Å². The fourth-order valence-electron chi connectivity index (χ4n) is 1.65. The van der Waals surface area contributed by atoms with Crippen molar-refractivity contribution in [1.82, 2.24) is 9.80 Å². The van der Waals surface area contributed by atoms with Gasteiger partial charge in [-0.05, 0) is 48.8 Å². The zero-order valence-corrected chi connectivity index (χ0v) is 15.3. The summed E-state index contributed by atoms with van der Waals surface area (Å²) in [5.41, 5.74) is 5.82. The van der Waals surface area contributed by atoms with E-state index in [0.29, 0.717) is 6.54 Å². The molecule has 0 heterocycles. The van der Waals surface area contributed by atoms with Gasteiger partial charge in [-0.25, -0.2) is 14.4 Å². The highest BCUT2D eigenvalue weighted by molar-refractivity contribution is 5.82. The Morgan fingerprint density at radius 2 is 1.29 bits per heavy atom. The summed E-state index contributed by atoms with van der Waals surface area (Å²) in [5, 5.41) is 15.4. The quantitative estimate of drug-likeness (QED) is 0.492. The van der Waals surface area contributed by atoms with Gasteiger partial charge in [0, 0.05) is 24.2 Å². The van der Waals surface area contributed by atoms with Crippen molar-refractivity contribution in [2.45, 2.75) is 38.8 Å². The second kappa shape index (κ2) is 10.1. The number of likely N-dealkylation sites (N-methyl/N-ethyl adjacent to an activating group) is 2. The van der Waals surface area contributed by atoms with E-state index in [-0.39, 0.29) is 11.1 Å². The van der Waals surface area contributed by atoms with Crippen molar-refractivity contribution in [3.63, 3.8) is 0 Å². The fraction of sp³-hybridized carbons (Fsp3) is 0.786. The summed E-state index contributed by atoms with van der Waals surface area (Å²) in [6.07, 6.45) is -5.64. The minimum Gasteiger partial charge on any atom is -0.449 e. The molecule has 0 fully saturated rings. The number of carbonyl (C=O) groups excluding carboxylic acids is 1. The first-order valence-electron chi connectivity index (χ1n) is 7.14. The molecule has 142 valence electrons. The van der Waals surface area contributed by atoms with Crippen LogP contribution in [-0.2, 0) is 9.47 Å². The van der Waals surface area contributed by atoms with Crippen molar-refractivity contribution in [3.05, 3.63) is 0 Å². The summed E-state index contributed by atoms with van der Waals surface area (Å²) in [6.45, 7) is 10.7. The molecule has 10 heteroatoms. The molecule has 4 N–H and O–H groups in total. The van der Waals surface area contributed by atoms with Crippen LogP contribution in [0.4, 0.5) is 14.4 Å². The smallest absolute Gasteiger partial charge is 0.449 e. The van der Waals surface area contributed by atoms with Gasteiger partial charge in [-0.2, -0.15) is 0 Å².